The van der Waals surface area contributed by atoms with Gasteiger partial charge in [0, 0.05) is 20.4 Å². The van der Waals surface area contributed by atoms with Gasteiger partial charge in [-0.1, -0.05) is 39.0 Å². The third-order valence-corrected chi connectivity index (χ3v) is 5.80. The number of halogens is 1. The summed E-state index contributed by atoms with van der Waals surface area (Å²) in [5, 5.41) is 0. The van der Waals surface area contributed by atoms with Crippen LogP contribution in [0.5, 0.6) is 0 Å². The molecule has 1 nitrogen and oxygen atoms in total. The fourth-order valence-electron chi connectivity index (χ4n) is 1.48. The second-order valence-corrected chi connectivity index (χ2v) is 7.35. The normalized spacial score (nSPS) is 18.9. The van der Waals surface area contributed by atoms with Gasteiger partial charge in [0.2, 0.25) is 0 Å². The molecule has 0 amide bonds. The molecule has 0 spiro atoms. The lowest BCUT2D eigenvalue weighted by atomic mass is 10.1. The SMILES string of the molecule is C=CCC(C1=CC=IC=C1)P(C)OCC. The number of rotatable bonds is 6. The third kappa shape index (κ3) is 4.29. The Labute approximate surface area is 104 Å². The van der Waals surface area contributed by atoms with Crippen LogP contribution in [0.25, 0.3) is 0 Å². The minimum atomic E-state index is -0.371. The van der Waals surface area contributed by atoms with Crippen LogP contribution in [0.2, 0.25) is 0 Å². The fourth-order valence-corrected chi connectivity index (χ4v) is 4.59. The van der Waals surface area contributed by atoms with E-state index >= 15 is 0 Å². The van der Waals surface area contributed by atoms with Gasteiger partial charge in [-0.15, -0.1) is 6.58 Å². The fraction of sp³-hybridized carbons (Fsp3) is 0.417. The lowest BCUT2D eigenvalue weighted by molar-refractivity contribution is 0.377. The quantitative estimate of drug-likeness (QED) is 0.401. The molecule has 0 fully saturated rings. The molecule has 15 heavy (non-hydrogen) atoms. The average molecular weight is 336 g/mol. The van der Waals surface area contributed by atoms with Gasteiger partial charge in [0.25, 0.3) is 0 Å². The van der Waals surface area contributed by atoms with Crippen molar-refractivity contribution in [1.82, 2.24) is 0 Å². The number of hydrogen-bond acceptors (Lipinski definition) is 1. The van der Waals surface area contributed by atoms with Crippen molar-refractivity contribution in [1.29, 1.82) is 0 Å². The Bertz CT molecular complexity index is 294. The van der Waals surface area contributed by atoms with Gasteiger partial charge in [-0.25, -0.2) is 0 Å². The summed E-state index contributed by atoms with van der Waals surface area (Å²) in [5.41, 5.74) is 1.94. The molecule has 1 rings (SSSR count). The molecule has 0 saturated carbocycles. The molecule has 2 unspecified atom stereocenters. The molecular weight excluding hydrogens is 318 g/mol. The minimum absolute atomic E-state index is 0.183. The van der Waals surface area contributed by atoms with E-state index in [1.165, 1.54) is 5.57 Å². The van der Waals surface area contributed by atoms with E-state index in [2.05, 4.69) is 40.4 Å². The Kier molecular flexibility index (Phi) is 6.62. The first kappa shape index (κ1) is 13.3. The molecule has 0 aliphatic carbocycles. The molecule has 1 aliphatic rings. The van der Waals surface area contributed by atoms with Gasteiger partial charge in [-0.05, 0) is 33.7 Å². The molecule has 0 saturated heterocycles. The first-order chi connectivity index (χ1) is 7.29. The molecule has 0 aromatic carbocycles. The van der Waals surface area contributed by atoms with Crippen molar-refractivity contribution in [2.45, 2.75) is 19.0 Å². The zero-order valence-corrected chi connectivity index (χ0v) is 12.4. The van der Waals surface area contributed by atoms with E-state index < -0.39 is 0 Å². The first-order valence-electron chi connectivity index (χ1n) is 5.08. The summed E-state index contributed by atoms with van der Waals surface area (Å²) in [5.74, 6) is 0. The molecule has 0 aromatic heterocycles. The Balaban J connectivity index is 2.72. The second-order valence-electron chi connectivity index (χ2n) is 3.22. The maximum absolute atomic E-state index is 5.75. The number of allylic oxidation sites excluding steroid dienone is 4. The van der Waals surface area contributed by atoms with Crippen LogP contribution in [0.3, 0.4) is 0 Å². The van der Waals surface area contributed by atoms with Crippen molar-refractivity contribution >= 4 is 32.9 Å². The molecule has 2 atom stereocenters. The molecular formula is C12H18IOP. The van der Waals surface area contributed by atoms with E-state index in [0.717, 1.165) is 13.0 Å². The second kappa shape index (κ2) is 7.48. The van der Waals surface area contributed by atoms with Gasteiger partial charge in [0.1, 0.15) is 0 Å². The summed E-state index contributed by atoms with van der Waals surface area (Å²) in [6, 6.07) is 0. The van der Waals surface area contributed by atoms with Crippen LogP contribution in [0.15, 0.2) is 34.5 Å². The smallest absolute Gasteiger partial charge is 0.0480 e. The predicted octanol–water partition coefficient (Wildman–Crippen LogP) is 4.22. The summed E-state index contributed by atoms with van der Waals surface area (Å²) in [7, 11) is -0.371. The van der Waals surface area contributed by atoms with Gasteiger partial charge in [-0.3, -0.25) is 0 Å². The van der Waals surface area contributed by atoms with Crippen LogP contribution in [-0.4, -0.2) is 22.9 Å². The van der Waals surface area contributed by atoms with Crippen LogP contribution in [-0.2, 0) is 4.52 Å². The van der Waals surface area contributed by atoms with Crippen LogP contribution >= 0.6 is 28.9 Å². The largest absolute Gasteiger partial charge is 0.359 e. The Morgan fingerprint density at radius 2 is 2.47 bits per heavy atom. The van der Waals surface area contributed by atoms with Crippen molar-refractivity contribution in [2.24, 2.45) is 0 Å². The van der Waals surface area contributed by atoms with Crippen molar-refractivity contribution in [2.75, 3.05) is 13.3 Å². The van der Waals surface area contributed by atoms with E-state index in [1.54, 1.807) is 0 Å². The van der Waals surface area contributed by atoms with Crippen molar-refractivity contribution in [3.05, 3.63) is 34.5 Å². The standard InChI is InChI=1S/C12H18IOP/c1-4-6-12(15(3)14-5-2)11-7-9-13-10-8-11/h4,7-10,12H,1,5-6H2,2-3H3. The summed E-state index contributed by atoms with van der Waals surface area (Å²) in [6.07, 6.45) is 7.57. The highest BCUT2D eigenvalue weighted by atomic mass is 127. The zero-order valence-electron chi connectivity index (χ0n) is 9.32. The van der Waals surface area contributed by atoms with Gasteiger partial charge in [-0.2, -0.15) is 0 Å². The minimum Gasteiger partial charge on any atom is -0.359 e. The van der Waals surface area contributed by atoms with Crippen molar-refractivity contribution < 1.29 is 4.52 Å². The summed E-state index contributed by atoms with van der Waals surface area (Å²) < 4.78 is 10.4. The maximum Gasteiger partial charge on any atom is 0.0480 e. The molecule has 0 aromatic rings. The highest BCUT2D eigenvalue weighted by Gasteiger charge is 2.19. The summed E-state index contributed by atoms with van der Waals surface area (Å²) >= 11 is 0.183. The van der Waals surface area contributed by atoms with E-state index in [1.807, 2.05) is 6.08 Å². The average Bonchev–Trinajstić information content (AvgIpc) is 2.27. The summed E-state index contributed by atoms with van der Waals surface area (Å²) in [6.45, 7) is 8.92. The predicted molar refractivity (Wildman–Crippen MR) is 80.4 cm³/mol. The monoisotopic (exact) mass is 336 g/mol. The first-order valence-corrected chi connectivity index (χ1v) is 9.34. The highest BCUT2D eigenvalue weighted by Crippen LogP contribution is 2.44. The molecule has 3 heteroatoms. The highest BCUT2D eigenvalue weighted by molar-refractivity contribution is 14.2. The van der Waals surface area contributed by atoms with E-state index in [-0.39, 0.29) is 28.9 Å². The van der Waals surface area contributed by atoms with Gasteiger partial charge in [0.05, 0.1) is 0 Å². The molecule has 1 aliphatic heterocycles. The lowest BCUT2D eigenvalue weighted by Gasteiger charge is -2.24. The molecule has 84 valence electrons. The van der Waals surface area contributed by atoms with Crippen LogP contribution < -0.4 is 0 Å². The van der Waals surface area contributed by atoms with E-state index in [4.69, 9.17) is 4.52 Å². The molecule has 0 bridgehead atoms. The van der Waals surface area contributed by atoms with Crippen molar-refractivity contribution in [3.8, 4) is 0 Å². The van der Waals surface area contributed by atoms with Gasteiger partial charge >= 0.3 is 0 Å². The van der Waals surface area contributed by atoms with Gasteiger partial charge < -0.3 is 4.52 Å². The van der Waals surface area contributed by atoms with Crippen LogP contribution in [0.4, 0.5) is 0 Å². The molecule has 0 N–H and O–H groups in total. The molecule has 0 radical (unpaired) electrons. The third-order valence-electron chi connectivity index (χ3n) is 2.20. The lowest BCUT2D eigenvalue weighted by Crippen LogP contribution is -2.09. The van der Waals surface area contributed by atoms with Crippen molar-refractivity contribution in [3.63, 3.8) is 0 Å². The Morgan fingerprint density at radius 3 is 3.00 bits per heavy atom. The Morgan fingerprint density at radius 1 is 1.67 bits per heavy atom. The number of hydrogen-bond donors (Lipinski definition) is 0. The van der Waals surface area contributed by atoms with E-state index in [9.17, 15) is 0 Å². The van der Waals surface area contributed by atoms with Crippen LogP contribution in [0, 0.1) is 0 Å². The topological polar surface area (TPSA) is 9.23 Å². The van der Waals surface area contributed by atoms with Gasteiger partial charge in [0.15, 0.2) is 0 Å². The maximum atomic E-state index is 5.75. The zero-order chi connectivity index (χ0) is 11.1. The molecule has 1 heterocycles. The van der Waals surface area contributed by atoms with E-state index in [0.29, 0.717) is 5.66 Å². The Hall–Kier alpha value is 0.210. The summed E-state index contributed by atoms with van der Waals surface area (Å²) in [4.78, 5) is 0. The van der Waals surface area contributed by atoms with Crippen LogP contribution in [0.1, 0.15) is 13.3 Å².